The SMILES string of the molecule is CSC(C)(S)C(O)CN. The first-order chi connectivity index (χ1) is 4.04. The quantitative estimate of drug-likeness (QED) is 0.419. The highest BCUT2D eigenvalue weighted by Gasteiger charge is 2.25. The van der Waals surface area contributed by atoms with Gasteiger partial charge in [0.2, 0.25) is 0 Å². The van der Waals surface area contributed by atoms with Crippen molar-refractivity contribution in [3.8, 4) is 0 Å². The highest BCUT2D eigenvalue weighted by Crippen LogP contribution is 2.29. The molecule has 0 fully saturated rings. The summed E-state index contributed by atoms with van der Waals surface area (Å²) in [4.78, 5) is 0. The van der Waals surface area contributed by atoms with Crippen LogP contribution in [0.25, 0.3) is 0 Å². The Morgan fingerprint density at radius 3 is 2.44 bits per heavy atom. The first-order valence-corrected chi connectivity index (χ1v) is 4.37. The number of nitrogens with two attached hydrogens (primary N) is 1. The Bertz CT molecular complexity index is 87.0. The minimum absolute atomic E-state index is 0.265. The van der Waals surface area contributed by atoms with Crippen molar-refractivity contribution in [2.45, 2.75) is 17.1 Å². The lowest BCUT2D eigenvalue weighted by molar-refractivity contribution is 0.175. The fourth-order valence-electron chi connectivity index (χ4n) is 0.355. The molecule has 9 heavy (non-hydrogen) atoms. The summed E-state index contributed by atoms with van der Waals surface area (Å²) in [5, 5.41) is 9.16. The van der Waals surface area contributed by atoms with Crippen LogP contribution >= 0.6 is 24.4 Å². The number of rotatable bonds is 3. The molecule has 0 aromatic heterocycles. The molecular weight excluding hydrogens is 154 g/mol. The van der Waals surface area contributed by atoms with E-state index in [2.05, 4.69) is 12.6 Å². The van der Waals surface area contributed by atoms with Gasteiger partial charge in [0.15, 0.2) is 0 Å². The second-order valence-corrected chi connectivity index (χ2v) is 4.50. The maximum Gasteiger partial charge on any atom is 0.0894 e. The average Bonchev–Trinajstić information content (AvgIpc) is 1.86. The summed E-state index contributed by atoms with van der Waals surface area (Å²) in [7, 11) is 0. The van der Waals surface area contributed by atoms with Crippen LogP contribution in [0.2, 0.25) is 0 Å². The Balaban J connectivity index is 3.80. The van der Waals surface area contributed by atoms with Crippen molar-refractivity contribution in [3.63, 3.8) is 0 Å². The van der Waals surface area contributed by atoms with Crippen LogP contribution in [0.5, 0.6) is 0 Å². The van der Waals surface area contributed by atoms with E-state index in [0.717, 1.165) is 0 Å². The molecule has 0 aliphatic heterocycles. The van der Waals surface area contributed by atoms with Crippen molar-refractivity contribution in [2.75, 3.05) is 12.8 Å². The molecular formula is C5H13NOS2. The predicted molar refractivity (Wildman–Crippen MR) is 46.0 cm³/mol. The lowest BCUT2D eigenvalue weighted by Crippen LogP contribution is -2.36. The maximum absolute atomic E-state index is 9.16. The van der Waals surface area contributed by atoms with E-state index in [4.69, 9.17) is 10.8 Å². The Morgan fingerprint density at radius 2 is 2.33 bits per heavy atom. The van der Waals surface area contributed by atoms with Gasteiger partial charge in [-0.25, -0.2) is 0 Å². The van der Waals surface area contributed by atoms with Gasteiger partial charge in [-0.15, -0.1) is 11.8 Å². The van der Waals surface area contributed by atoms with E-state index in [1.165, 1.54) is 11.8 Å². The van der Waals surface area contributed by atoms with Crippen LogP contribution < -0.4 is 5.73 Å². The minimum atomic E-state index is -0.532. The number of aliphatic hydroxyl groups is 1. The summed E-state index contributed by atoms with van der Waals surface area (Å²) in [5.41, 5.74) is 5.22. The molecule has 2 atom stereocenters. The fourth-order valence-corrected chi connectivity index (χ4v) is 0.828. The molecule has 0 aromatic rings. The molecule has 0 saturated heterocycles. The summed E-state index contributed by atoms with van der Waals surface area (Å²) in [6.45, 7) is 2.11. The molecule has 3 N–H and O–H groups in total. The van der Waals surface area contributed by atoms with Crippen molar-refractivity contribution >= 4 is 24.4 Å². The lowest BCUT2D eigenvalue weighted by atomic mass is 10.3. The van der Waals surface area contributed by atoms with Crippen molar-refractivity contribution < 1.29 is 5.11 Å². The van der Waals surface area contributed by atoms with E-state index in [1.807, 2.05) is 13.2 Å². The number of aliphatic hydroxyl groups excluding tert-OH is 1. The average molecular weight is 167 g/mol. The number of hydrogen-bond donors (Lipinski definition) is 3. The van der Waals surface area contributed by atoms with Crippen LogP contribution in [0.3, 0.4) is 0 Å². The summed E-state index contributed by atoms with van der Waals surface area (Å²) >= 11 is 5.69. The zero-order chi connectivity index (χ0) is 7.49. The molecule has 2 nitrogen and oxygen atoms in total. The molecule has 0 amide bonds. The largest absolute Gasteiger partial charge is 0.389 e. The van der Waals surface area contributed by atoms with E-state index >= 15 is 0 Å². The van der Waals surface area contributed by atoms with Crippen molar-refractivity contribution in [2.24, 2.45) is 5.73 Å². The normalized spacial score (nSPS) is 21.0. The second kappa shape index (κ2) is 3.71. The Labute approximate surface area is 65.6 Å². The highest BCUT2D eigenvalue weighted by molar-refractivity contribution is 8.11. The third-order valence-corrected chi connectivity index (χ3v) is 3.20. The van der Waals surface area contributed by atoms with Crippen LogP contribution in [0.1, 0.15) is 6.92 Å². The number of hydrogen-bond acceptors (Lipinski definition) is 4. The van der Waals surface area contributed by atoms with Gasteiger partial charge in [-0.2, -0.15) is 12.6 Å². The van der Waals surface area contributed by atoms with Gasteiger partial charge in [0.1, 0.15) is 0 Å². The smallest absolute Gasteiger partial charge is 0.0894 e. The van der Waals surface area contributed by atoms with Gasteiger partial charge < -0.3 is 10.8 Å². The third kappa shape index (κ3) is 2.80. The van der Waals surface area contributed by atoms with E-state index < -0.39 is 10.2 Å². The van der Waals surface area contributed by atoms with Crippen LogP contribution in [0.4, 0.5) is 0 Å². The molecule has 0 rings (SSSR count). The third-order valence-electron chi connectivity index (χ3n) is 1.25. The Morgan fingerprint density at radius 1 is 1.89 bits per heavy atom. The monoisotopic (exact) mass is 167 g/mol. The van der Waals surface area contributed by atoms with Gasteiger partial charge in [-0.3, -0.25) is 0 Å². The number of thiol groups is 1. The number of thioether (sulfide) groups is 1. The molecule has 0 heterocycles. The van der Waals surface area contributed by atoms with Crippen molar-refractivity contribution in [1.29, 1.82) is 0 Å². The molecule has 0 aliphatic rings. The van der Waals surface area contributed by atoms with E-state index in [1.54, 1.807) is 0 Å². The molecule has 0 aromatic carbocycles. The van der Waals surface area contributed by atoms with Crippen LogP contribution in [-0.4, -0.2) is 28.1 Å². The molecule has 0 aliphatic carbocycles. The topological polar surface area (TPSA) is 46.2 Å². The zero-order valence-corrected chi connectivity index (χ0v) is 7.38. The molecule has 0 bridgehead atoms. The standard InChI is InChI=1S/C5H13NOS2/c1-5(8,9-2)4(7)3-6/h4,7-8H,3,6H2,1-2H3. The fraction of sp³-hybridized carbons (Fsp3) is 1.00. The second-order valence-electron chi connectivity index (χ2n) is 2.01. The van der Waals surface area contributed by atoms with E-state index in [-0.39, 0.29) is 6.54 Å². The van der Waals surface area contributed by atoms with E-state index in [9.17, 15) is 0 Å². The van der Waals surface area contributed by atoms with Crippen LogP contribution in [0, 0.1) is 0 Å². The predicted octanol–water partition coefficient (Wildman–Crippen LogP) is 0.315. The van der Waals surface area contributed by atoms with Gasteiger partial charge in [-0.05, 0) is 13.2 Å². The summed E-state index contributed by atoms with van der Waals surface area (Å²) in [6, 6.07) is 0. The van der Waals surface area contributed by atoms with E-state index in [0.29, 0.717) is 0 Å². The summed E-state index contributed by atoms with van der Waals surface area (Å²) < 4.78 is -0.408. The van der Waals surface area contributed by atoms with Crippen LogP contribution in [0.15, 0.2) is 0 Å². The molecule has 0 radical (unpaired) electrons. The Kier molecular flexibility index (Phi) is 3.96. The first kappa shape index (κ1) is 9.62. The molecule has 2 unspecified atom stereocenters. The molecule has 0 saturated carbocycles. The molecule has 4 heteroatoms. The molecule has 0 spiro atoms. The van der Waals surface area contributed by atoms with Gasteiger partial charge in [0.25, 0.3) is 0 Å². The highest BCUT2D eigenvalue weighted by atomic mass is 32.2. The zero-order valence-electron chi connectivity index (χ0n) is 5.66. The van der Waals surface area contributed by atoms with Gasteiger partial charge in [0.05, 0.1) is 10.2 Å². The van der Waals surface area contributed by atoms with Crippen LogP contribution in [-0.2, 0) is 0 Å². The molecule has 56 valence electrons. The first-order valence-electron chi connectivity index (χ1n) is 2.70. The lowest BCUT2D eigenvalue weighted by Gasteiger charge is -2.25. The summed E-state index contributed by atoms with van der Waals surface area (Å²) in [5.74, 6) is 0. The van der Waals surface area contributed by atoms with Gasteiger partial charge in [-0.1, -0.05) is 0 Å². The van der Waals surface area contributed by atoms with Crippen molar-refractivity contribution in [3.05, 3.63) is 0 Å². The summed E-state index contributed by atoms with van der Waals surface area (Å²) in [6.07, 6.45) is 1.36. The van der Waals surface area contributed by atoms with Gasteiger partial charge >= 0.3 is 0 Å². The van der Waals surface area contributed by atoms with Gasteiger partial charge in [0, 0.05) is 6.54 Å². The minimum Gasteiger partial charge on any atom is -0.389 e. The maximum atomic E-state index is 9.16. The van der Waals surface area contributed by atoms with Crippen molar-refractivity contribution in [1.82, 2.24) is 0 Å². The Hall–Kier alpha value is 0.620.